The monoisotopic (exact) mass is 319 g/mol. The zero-order chi connectivity index (χ0) is 16.3. The summed E-state index contributed by atoms with van der Waals surface area (Å²) in [7, 11) is 1.66. The van der Waals surface area contributed by atoms with Gasteiger partial charge in [-0.15, -0.1) is 0 Å². The number of benzene rings is 1. The van der Waals surface area contributed by atoms with Crippen LogP contribution in [0.4, 0.5) is 0 Å². The molecule has 5 nitrogen and oxygen atoms in total. The van der Waals surface area contributed by atoms with Crippen molar-refractivity contribution in [1.29, 1.82) is 0 Å². The van der Waals surface area contributed by atoms with Crippen LogP contribution in [0.3, 0.4) is 0 Å². The van der Waals surface area contributed by atoms with Crippen molar-refractivity contribution in [3.05, 3.63) is 29.8 Å². The molecule has 128 valence electrons. The summed E-state index contributed by atoms with van der Waals surface area (Å²) >= 11 is 0. The Balaban J connectivity index is 1.61. The normalized spacial score (nSPS) is 16.8. The zero-order valence-corrected chi connectivity index (χ0v) is 14.1. The molecule has 1 aliphatic carbocycles. The summed E-state index contributed by atoms with van der Waals surface area (Å²) in [5.74, 6) is 1.40. The van der Waals surface area contributed by atoms with E-state index in [4.69, 9.17) is 15.2 Å². The number of nitrogens with one attached hydrogen (secondary N) is 1. The maximum atomic E-state index is 5.95. The molecule has 0 aliphatic heterocycles. The average Bonchev–Trinajstić information content (AvgIpc) is 2.84. The lowest BCUT2D eigenvalue weighted by Gasteiger charge is -2.16. The molecule has 1 aromatic rings. The van der Waals surface area contributed by atoms with E-state index < -0.39 is 0 Å². The van der Waals surface area contributed by atoms with Crippen molar-refractivity contribution in [1.82, 2.24) is 5.32 Å². The largest absolute Gasteiger partial charge is 0.497 e. The van der Waals surface area contributed by atoms with Crippen molar-refractivity contribution < 1.29 is 9.47 Å². The van der Waals surface area contributed by atoms with Gasteiger partial charge in [0.25, 0.3) is 0 Å². The van der Waals surface area contributed by atoms with Gasteiger partial charge in [-0.3, -0.25) is 4.99 Å². The van der Waals surface area contributed by atoms with E-state index in [2.05, 4.69) is 10.3 Å². The van der Waals surface area contributed by atoms with Crippen LogP contribution in [0.2, 0.25) is 0 Å². The van der Waals surface area contributed by atoms with Crippen molar-refractivity contribution in [3.63, 3.8) is 0 Å². The number of hydrogen-bond acceptors (Lipinski definition) is 3. The Morgan fingerprint density at radius 2 is 1.87 bits per heavy atom. The molecule has 0 spiro atoms. The Morgan fingerprint density at radius 1 is 1.17 bits per heavy atom. The van der Waals surface area contributed by atoms with Gasteiger partial charge in [0.2, 0.25) is 0 Å². The Hall–Kier alpha value is -1.75. The van der Waals surface area contributed by atoms with E-state index in [9.17, 15) is 0 Å². The second-order valence-corrected chi connectivity index (χ2v) is 6.00. The number of rotatable bonds is 7. The van der Waals surface area contributed by atoms with Gasteiger partial charge in [-0.2, -0.15) is 0 Å². The first-order valence-electron chi connectivity index (χ1n) is 8.55. The summed E-state index contributed by atoms with van der Waals surface area (Å²) in [5, 5.41) is 3.34. The zero-order valence-electron chi connectivity index (χ0n) is 14.1. The average molecular weight is 319 g/mol. The van der Waals surface area contributed by atoms with E-state index >= 15 is 0 Å². The van der Waals surface area contributed by atoms with Gasteiger partial charge < -0.3 is 20.5 Å². The fourth-order valence-electron chi connectivity index (χ4n) is 2.82. The molecule has 0 atom stereocenters. The highest BCUT2D eigenvalue weighted by Gasteiger charge is 2.11. The highest BCUT2D eigenvalue weighted by Crippen LogP contribution is 2.16. The van der Waals surface area contributed by atoms with Gasteiger partial charge in [0, 0.05) is 6.04 Å². The van der Waals surface area contributed by atoms with Crippen LogP contribution in [0, 0.1) is 0 Å². The summed E-state index contributed by atoms with van der Waals surface area (Å²) in [4.78, 5) is 4.35. The molecular weight excluding hydrogens is 290 g/mol. The first kappa shape index (κ1) is 17.6. The van der Waals surface area contributed by atoms with Crippen LogP contribution in [0.15, 0.2) is 29.3 Å². The summed E-state index contributed by atoms with van der Waals surface area (Å²) in [6, 6.07) is 8.37. The number of aliphatic imine (C=N–C) groups is 1. The molecule has 0 amide bonds. The van der Waals surface area contributed by atoms with Crippen molar-refractivity contribution in [2.75, 3.05) is 20.3 Å². The molecule has 2 rings (SSSR count). The third kappa shape index (κ3) is 6.91. The minimum Gasteiger partial charge on any atom is -0.497 e. The maximum absolute atomic E-state index is 5.95. The predicted molar refractivity (Wildman–Crippen MR) is 93.8 cm³/mol. The summed E-state index contributed by atoms with van der Waals surface area (Å²) in [6.45, 7) is 1.73. The Bertz CT molecular complexity index is 466. The molecule has 0 radical (unpaired) electrons. The van der Waals surface area contributed by atoms with E-state index in [1.54, 1.807) is 7.11 Å². The first-order chi connectivity index (χ1) is 11.3. The van der Waals surface area contributed by atoms with Crippen LogP contribution in [-0.2, 0) is 11.3 Å². The van der Waals surface area contributed by atoms with E-state index in [-0.39, 0.29) is 0 Å². The number of methoxy groups -OCH3 is 1. The molecule has 23 heavy (non-hydrogen) atoms. The van der Waals surface area contributed by atoms with Crippen LogP contribution >= 0.6 is 0 Å². The van der Waals surface area contributed by atoms with E-state index in [0.717, 1.165) is 11.3 Å². The lowest BCUT2D eigenvalue weighted by Crippen LogP contribution is -2.40. The predicted octanol–water partition coefficient (Wildman–Crippen LogP) is 2.84. The standard InChI is InChI=1S/C18H29N3O2/c1-22-17-10-8-15(9-11-17)14-23-13-12-20-18(19)21-16-6-4-2-3-5-7-16/h8-11,16H,2-7,12-14H2,1H3,(H3,19,20,21). The third-order valence-electron chi connectivity index (χ3n) is 4.15. The smallest absolute Gasteiger partial charge is 0.188 e. The molecule has 3 N–H and O–H groups in total. The molecule has 0 aromatic heterocycles. The third-order valence-corrected chi connectivity index (χ3v) is 4.15. The van der Waals surface area contributed by atoms with Crippen LogP contribution in [0.1, 0.15) is 44.1 Å². The Labute approximate surface area is 139 Å². The molecule has 1 fully saturated rings. The molecular formula is C18H29N3O2. The quantitative estimate of drug-likeness (QED) is 0.351. The second-order valence-electron chi connectivity index (χ2n) is 6.00. The number of nitrogens with zero attached hydrogens (tertiary/aromatic N) is 1. The summed E-state index contributed by atoms with van der Waals surface area (Å²) < 4.78 is 10.8. The minimum absolute atomic E-state index is 0.487. The number of ether oxygens (including phenoxy) is 2. The summed E-state index contributed by atoms with van der Waals surface area (Å²) in [5.41, 5.74) is 7.07. The second kappa shape index (κ2) is 10.1. The summed E-state index contributed by atoms with van der Waals surface area (Å²) in [6.07, 6.45) is 7.66. The number of hydrogen-bond donors (Lipinski definition) is 2. The van der Waals surface area contributed by atoms with Crippen molar-refractivity contribution in [3.8, 4) is 5.75 Å². The van der Waals surface area contributed by atoms with Gasteiger partial charge in [-0.05, 0) is 30.5 Å². The fraction of sp³-hybridized carbons (Fsp3) is 0.611. The van der Waals surface area contributed by atoms with E-state index in [0.29, 0.717) is 31.8 Å². The topological polar surface area (TPSA) is 68.9 Å². The Morgan fingerprint density at radius 3 is 2.52 bits per heavy atom. The van der Waals surface area contributed by atoms with Crippen molar-refractivity contribution >= 4 is 5.96 Å². The highest BCUT2D eigenvalue weighted by atomic mass is 16.5. The van der Waals surface area contributed by atoms with Crippen molar-refractivity contribution in [2.45, 2.75) is 51.2 Å². The Kier molecular flexibility index (Phi) is 7.73. The molecule has 5 heteroatoms. The maximum Gasteiger partial charge on any atom is 0.188 e. The minimum atomic E-state index is 0.487. The van der Waals surface area contributed by atoms with Gasteiger partial charge in [-0.25, -0.2) is 0 Å². The SMILES string of the molecule is COc1ccc(COCCN=C(N)NC2CCCCCC2)cc1. The first-order valence-corrected chi connectivity index (χ1v) is 8.55. The van der Waals surface area contributed by atoms with Crippen molar-refractivity contribution in [2.24, 2.45) is 10.7 Å². The molecule has 1 aliphatic rings. The van der Waals surface area contributed by atoms with Gasteiger partial charge in [0.05, 0.1) is 26.9 Å². The fourth-order valence-corrected chi connectivity index (χ4v) is 2.82. The van der Waals surface area contributed by atoms with E-state index in [1.807, 2.05) is 24.3 Å². The van der Waals surface area contributed by atoms with Crippen LogP contribution in [0.25, 0.3) is 0 Å². The van der Waals surface area contributed by atoms with E-state index in [1.165, 1.54) is 38.5 Å². The van der Waals surface area contributed by atoms with Crippen LogP contribution < -0.4 is 15.8 Å². The van der Waals surface area contributed by atoms with Gasteiger partial charge >= 0.3 is 0 Å². The molecule has 0 heterocycles. The lowest BCUT2D eigenvalue weighted by atomic mass is 10.1. The molecule has 1 saturated carbocycles. The highest BCUT2D eigenvalue weighted by molar-refractivity contribution is 5.78. The van der Waals surface area contributed by atoms with Gasteiger partial charge in [-0.1, -0.05) is 37.8 Å². The van der Waals surface area contributed by atoms with Crippen LogP contribution in [-0.4, -0.2) is 32.3 Å². The van der Waals surface area contributed by atoms with Gasteiger partial charge in [0.15, 0.2) is 5.96 Å². The molecule has 0 unspecified atom stereocenters. The molecule has 0 bridgehead atoms. The molecule has 1 aromatic carbocycles. The molecule has 0 saturated heterocycles. The van der Waals surface area contributed by atoms with Gasteiger partial charge in [0.1, 0.15) is 5.75 Å². The number of nitrogens with two attached hydrogens (primary N) is 1. The lowest BCUT2D eigenvalue weighted by molar-refractivity contribution is 0.128. The number of guanidine groups is 1. The van der Waals surface area contributed by atoms with Crippen LogP contribution in [0.5, 0.6) is 5.75 Å².